The maximum atomic E-state index is 12.4. The second-order valence-corrected chi connectivity index (χ2v) is 15.8. The summed E-state index contributed by atoms with van der Waals surface area (Å²) >= 11 is 0. The molecule has 0 saturated heterocycles. The molecule has 3 aromatic rings. The molecule has 1 aliphatic heterocycles. The number of rotatable bonds is 27. The van der Waals surface area contributed by atoms with Crippen molar-refractivity contribution in [2.75, 3.05) is 19.8 Å². The molecule has 0 amide bonds. The van der Waals surface area contributed by atoms with Gasteiger partial charge < -0.3 is 40.0 Å². The Hall–Kier alpha value is -4.44. The monoisotopic (exact) mass is 802 g/mol. The highest BCUT2D eigenvalue weighted by molar-refractivity contribution is 6.18. The summed E-state index contributed by atoms with van der Waals surface area (Å²) in [6.07, 6.45) is 20.5. The number of ether oxygens (including phenoxy) is 3. The van der Waals surface area contributed by atoms with Gasteiger partial charge in [-0.2, -0.15) is 0 Å². The maximum Gasteiger partial charge on any atom is 0.289 e. The standard InChI is InChI=1S/C48H71N3O7/c1-7-10-13-16-19-22-31-56-40-28-25-37(43(52)34(40)4)46-49-47(38-26-29-41(35(5)44(38)53)57-32-23-20-17-14-11-8-2)51-48(55,50-46)39-27-30-42(36(6)45(39)54)58-33-24-21-18-15-12-9-3/h25-30,52-55H,7-24,31-33H2,1-6H3,(H,49,50,51). The molecule has 320 valence electrons. The normalized spacial score (nSPS) is 13.5. The number of aromatic hydroxyl groups is 3. The van der Waals surface area contributed by atoms with Crippen LogP contribution in [0.5, 0.6) is 34.5 Å². The van der Waals surface area contributed by atoms with Crippen molar-refractivity contribution in [3.63, 3.8) is 0 Å². The van der Waals surface area contributed by atoms with Crippen LogP contribution in [0.4, 0.5) is 0 Å². The van der Waals surface area contributed by atoms with Gasteiger partial charge in [0, 0.05) is 16.7 Å². The molecule has 4 rings (SSSR count). The minimum Gasteiger partial charge on any atom is -0.507 e. The van der Waals surface area contributed by atoms with Crippen molar-refractivity contribution in [3.05, 3.63) is 69.8 Å². The van der Waals surface area contributed by atoms with Crippen molar-refractivity contribution in [1.29, 1.82) is 0 Å². The lowest BCUT2D eigenvalue weighted by atomic mass is 10.0. The van der Waals surface area contributed by atoms with E-state index >= 15 is 0 Å². The molecule has 10 nitrogen and oxygen atoms in total. The third-order valence-electron chi connectivity index (χ3n) is 11.1. The van der Waals surface area contributed by atoms with E-state index in [1.165, 1.54) is 70.6 Å². The van der Waals surface area contributed by atoms with Crippen LogP contribution in [0.3, 0.4) is 0 Å². The van der Waals surface area contributed by atoms with Crippen LogP contribution in [-0.4, -0.2) is 51.9 Å². The molecule has 0 unspecified atom stereocenters. The summed E-state index contributed by atoms with van der Waals surface area (Å²) in [5.41, 5.74) is 2.10. The van der Waals surface area contributed by atoms with Crippen LogP contribution in [0.15, 0.2) is 46.4 Å². The van der Waals surface area contributed by atoms with Crippen molar-refractivity contribution < 1.29 is 34.6 Å². The molecule has 58 heavy (non-hydrogen) atoms. The van der Waals surface area contributed by atoms with Gasteiger partial charge in [-0.1, -0.05) is 117 Å². The fraction of sp³-hybridized carbons (Fsp3) is 0.583. The number of nitrogens with one attached hydrogen (secondary N) is 1. The first-order chi connectivity index (χ1) is 28.1. The number of amidine groups is 2. The number of unbranched alkanes of at least 4 members (excludes halogenated alkanes) is 15. The Balaban J connectivity index is 1.64. The summed E-state index contributed by atoms with van der Waals surface area (Å²) < 4.78 is 18.2. The largest absolute Gasteiger partial charge is 0.507 e. The zero-order chi connectivity index (χ0) is 41.9. The molecule has 0 bridgehead atoms. The van der Waals surface area contributed by atoms with Gasteiger partial charge in [0.15, 0.2) is 0 Å². The summed E-state index contributed by atoms with van der Waals surface area (Å²) in [5, 5.41) is 50.2. The van der Waals surface area contributed by atoms with Gasteiger partial charge in [-0.3, -0.25) is 0 Å². The fourth-order valence-electron chi connectivity index (χ4n) is 7.24. The first-order valence-corrected chi connectivity index (χ1v) is 22.1. The number of aliphatic hydroxyl groups is 1. The minimum atomic E-state index is -2.34. The molecule has 1 heterocycles. The van der Waals surface area contributed by atoms with E-state index in [1.807, 2.05) is 0 Å². The number of phenolic OH excluding ortho intramolecular Hbond substituents is 3. The second-order valence-electron chi connectivity index (χ2n) is 15.8. The van der Waals surface area contributed by atoms with E-state index in [0.29, 0.717) is 64.9 Å². The highest BCUT2D eigenvalue weighted by atomic mass is 16.5. The number of aliphatic imine (C=N–C) groups is 2. The van der Waals surface area contributed by atoms with Crippen LogP contribution in [0, 0.1) is 20.8 Å². The van der Waals surface area contributed by atoms with Crippen molar-refractivity contribution in [3.8, 4) is 34.5 Å². The van der Waals surface area contributed by atoms with Crippen LogP contribution in [-0.2, 0) is 5.85 Å². The molecular weight excluding hydrogens is 731 g/mol. The number of hydrogen-bond donors (Lipinski definition) is 5. The SMILES string of the molecule is CCCCCCCCOc1ccc(C2=NC(O)(c3ccc(OCCCCCCCC)c(C)c3O)N=C(c3ccc(OCCCCCCCC)c(C)c3O)N2)c(O)c1C. The van der Waals surface area contributed by atoms with Crippen LogP contribution >= 0.6 is 0 Å². The average Bonchev–Trinajstić information content (AvgIpc) is 3.21. The van der Waals surface area contributed by atoms with Crippen molar-refractivity contribution in [1.82, 2.24) is 5.32 Å². The van der Waals surface area contributed by atoms with Crippen LogP contribution in [0.25, 0.3) is 0 Å². The number of hydrogen-bond acceptors (Lipinski definition) is 10. The van der Waals surface area contributed by atoms with E-state index in [2.05, 4.69) is 36.1 Å². The Bertz CT molecular complexity index is 1710. The predicted octanol–water partition coefficient (Wildman–Crippen LogP) is 11.5. The van der Waals surface area contributed by atoms with Gasteiger partial charge in [0.05, 0.1) is 36.5 Å². The molecule has 5 N–H and O–H groups in total. The molecule has 0 fully saturated rings. The lowest BCUT2D eigenvalue weighted by Gasteiger charge is -2.30. The first-order valence-electron chi connectivity index (χ1n) is 22.1. The molecule has 0 aliphatic carbocycles. The molecular formula is C48H71N3O7. The lowest BCUT2D eigenvalue weighted by Crippen LogP contribution is -2.42. The number of nitrogens with zero attached hydrogens (tertiary/aromatic N) is 2. The summed E-state index contributed by atoms with van der Waals surface area (Å²) in [6.45, 7) is 13.5. The Morgan fingerprint density at radius 2 is 0.793 bits per heavy atom. The summed E-state index contributed by atoms with van der Waals surface area (Å²) in [5.74, 6) is -0.892. The molecule has 0 aromatic heterocycles. The van der Waals surface area contributed by atoms with Gasteiger partial charge in [0.25, 0.3) is 5.85 Å². The highest BCUT2D eigenvalue weighted by Gasteiger charge is 2.38. The van der Waals surface area contributed by atoms with Crippen LogP contribution in [0.2, 0.25) is 0 Å². The van der Waals surface area contributed by atoms with Gasteiger partial charge in [0.2, 0.25) is 0 Å². The van der Waals surface area contributed by atoms with Gasteiger partial charge in [-0.05, 0) is 76.4 Å². The van der Waals surface area contributed by atoms with E-state index in [4.69, 9.17) is 14.2 Å². The van der Waals surface area contributed by atoms with E-state index in [0.717, 1.165) is 44.9 Å². The fourth-order valence-corrected chi connectivity index (χ4v) is 7.24. The first kappa shape index (κ1) is 46.3. The number of benzene rings is 3. The third-order valence-corrected chi connectivity index (χ3v) is 11.1. The van der Waals surface area contributed by atoms with Gasteiger partial charge >= 0.3 is 0 Å². The maximum absolute atomic E-state index is 12.4. The average molecular weight is 802 g/mol. The Kier molecular flexibility index (Phi) is 19.0. The third kappa shape index (κ3) is 12.8. The second kappa shape index (κ2) is 23.8. The summed E-state index contributed by atoms with van der Waals surface area (Å²) in [7, 11) is 0. The predicted molar refractivity (Wildman–Crippen MR) is 235 cm³/mol. The van der Waals surface area contributed by atoms with E-state index in [1.54, 1.807) is 57.2 Å². The molecule has 3 aromatic carbocycles. The Labute approximate surface area is 347 Å². The van der Waals surface area contributed by atoms with E-state index in [-0.39, 0.29) is 34.5 Å². The van der Waals surface area contributed by atoms with Crippen molar-refractivity contribution in [2.45, 2.75) is 163 Å². The van der Waals surface area contributed by atoms with E-state index < -0.39 is 5.85 Å². The zero-order valence-electron chi connectivity index (χ0n) is 36.2. The number of phenols is 3. The van der Waals surface area contributed by atoms with Crippen LogP contribution < -0.4 is 19.5 Å². The molecule has 0 atom stereocenters. The highest BCUT2D eigenvalue weighted by Crippen LogP contribution is 2.42. The topological polar surface area (TPSA) is 145 Å². The molecule has 10 heteroatoms. The van der Waals surface area contributed by atoms with Crippen LogP contribution in [0.1, 0.15) is 170 Å². The quantitative estimate of drug-likeness (QED) is 0.0479. The minimum absolute atomic E-state index is 0.0265. The zero-order valence-corrected chi connectivity index (χ0v) is 36.2. The Morgan fingerprint density at radius 3 is 1.17 bits per heavy atom. The van der Waals surface area contributed by atoms with Gasteiger partial charge in [0.1, 0.15) is 46.2 Å². The van der Waals surface area contributed by atoms with Gasteiger partial charge in [-0.25, -0.2) is 9.98 Å². The molecule has 1 aliphatic rings. The molecule has 0 spiro atoms. The molecule has 0 radical (unpaired) electrons. The Morgan fingerprint density at radius 1 is 0.466 bits per heavy atom. The molecule has 0 saturated carbocycles. The van der Waals surface area contributed by atoms with E-state index in [9.17, 15) is 20.4 Å². The smallest absolute Gasteiger partial charge is 0.289 e. The summed E-state index contributed by atoms with van der Waals surface area (Å²) in [6, 6.07) is 10.2. The van der Waals surface area contributed by atoms with Gasteiger partial charge in [-0.15, -0.1) is 0 Å². The lowest BCUT2D eigenvalue weighted by molar-refractivity contribution is 0.0519. The summed E-state index contributed by atoms with van der Waals surface area (Å²) in [4.78, 5) is 9.25. The van der Waals surface area contributed by atoms with Crippen molar-refractivity contribution in [2.24, 2.45) is 9.98 Å². The van der Waals surface area contributed by atoms with Crippen molar-refractivity contribution >= 4 is 11.7 Å².